The maximum atomic E-state index is 12.2. The van der Waals surface area contributed by atoms with E-state index in [4.69, 9.17) is 10.5 Å². The summed E-state index contributed by atoms with van der Waals surface area (Å²) in [5.41, 5.74) is 5.22. The number of amides is 2. The predicted molar refractivity (Wildman–Crippen MR) is 126 cm³/mol. The minimum Gasteiger partial charge on any atom is -0.504 e. The van der Waals surface area contributed by atoms with Crippen molar-refractivity contribution < 1.29 is 39.2 Å². The van der Waals surface area contributed by atoms with Gasteiger partial charge in [-0.3, -0.25) is 19.2 Å². The normalized spacial score (nSPS) is 13.0. The van der Waals surface area contributed by atoms with Gasteiger partial charge in [-0.15, -0.1) is 0 Å². The van der Waals surface area contributed by atoms with Crippen LogP contribution in [0.3, 0.4) is 0 Å². The fourth-order valence-electron chi connectivity index (χ4n) is 2.70. The summed E-state index contributed by atoms with van der Waals surface area (Å²) in [6.07, 6.45) is -1.47. The second kappa shape index (κ2) is 13.8. The maximum Gasteiger partial charge on any atom is 0.323 e. The van der Waals surface area contributed by atoms with Crippen molar-refractivity contribution in [3.8, 4) is 11.5 Å². The number of thioether (sulfide) groups is 1. The number of hydrogen-bond acceptors (Lipinski definition) is 10. The average molecular weight is 500 g/mol. The van der Waals surface area contributed by atoms with Crippen molar-refractivity contribution >= 4 is 34.7 Å². The summed E-state index contributed by atoms with van der Waals surface area (Å²) in [5, 5.41) is 34.3. The highest BCUT2D eigenvalue weighted by atomic mass is 32.2. The van der Waals surface area contributed by atoms with Gasteiger partial charge in [0.15, 0.2) is 16.6 Å². The van der Waals surface area contributed by atoms with Crippen molar-refractivity contribution in [3.63, 3.8) is 0 Å². The first-order valence-corrected chi connectivity index (χ1v) is 11.6. The van der Waals surface area contributed by atoms with E-state index >= 15 is 0 Å². The topological polar surface area (TPSA) is 188 Å². The molecule has 0 saturated carbocycles. The highest BCUT2D eigenvalue weighted by Crippen LogP contribution is 2.25. The zero-order valence-electron chi connectivity index (χ0n) is 19.5. The van der Waals surface area contributed by atoms with Crippen LogP contribution in [0.5, 0.6) is 11.5 Å². The van der Waals surface area contributed by atoms with Crippen LogP contribution in [0.4, 0.5) is 0 Å². The van der Waals surface area contributed by atoms with Gasteiger partial charge in [0.05, 0.1) is 6.61 Å². The van der Waals surface area contributed by atoms with Crippen LogP contribution in [0.1, 0.15) is 32.8 Å². The van der Waals surface area contributed by atoms with Crippen molar-refractivity contribution in [1.29, 1.82) is 0 Å². The summed E-state index contributed by atoms with van der Waals surface area (Å²) in [4.78, 5) is 47.0. The van der Waals surface area contributed by atoms with E-state index in [0.29, 0.717) is 17.9 Å². The molecule has 0 heterocycles. The number of carbonyl (C=O) groups excluding carboxylic acids is 4. The van der Waals surface area contributed by atoms with Crippen molar-refractivity contribution in [3.05, 3.63) is 23.8 Å². The van der Waals surface area contributed by atoms with E-state index in [1.807, 2.05) is 0 Å². The number of ether oxygens (including phenoxy) is 1. The third kappa shape index (κ3) is 10.4. The molecule has 0 aliphatic heterocycles. The van der Waals surface area contributed by atoms with Crippen molar-refractivity contribution in [2.24, 2.45) is 11.1 Å². The summed E-state index contributed by atoms with van der Waals surface area (Å²) in [7, 11) is 0. The van der Waals surface area contributed by atoms with Crippen LogP contribution in [0.15, 0.2) is 18.2 Å². The molecule has 34 heavy (non-hydrogen) atoms. The zero-order chi connectivity index (χ0) is 25.9. The highest BCUT2D eigenvalue weighted by Gasteiger charge is 2.35. The molecule has 1 aromatic rings. The smallest absolute Gasteiger partial charge is 0.323 e. The molecule has 0 saturated heterocycles. The number of aliphatic hydroxyl groups excluding tert-OH is 1. The van der Waals surface area contributed by atoms with Crippen LogP contribution in [0, 0.1) is 5.41 Å². The van der Waals surface area contributed by atoms with Gasteiger partial charge in [0.1, 0.15) is 12.1 Å². The van der Waals surface area contributed by atoms with E-state index in [9.17, 15) is 34.5 Å². The molecule has 0 fully saturated rings. The second-order valence-corrected chi connectivity index (χ2v) is 9.64. The van der Waals surface area contributed by atoms with Crippen LogP contribution in [-0.2, 0) is 30.3 Å². The van der Waals surface area contributed by atoms with Crippen molar-refractivity contribution in [1.82, 2.24) is 10.6 Å². The molecule has 2 atom stereocenters. The Morgan fingerprint density at radius 3 is 2.41 bits per heavy atom. The lowest BCUT2D eigenvalue weighted by Crippen LogP contribution is -2.47. The zero-order valence-corrected chi connectivity index (χ0v) is 20.3. The number of phenols is 2. The number of aliphatic hydroxyl groups is 1. The summed E-state index contributed by atoms with van der Waals surface area (Å²) in [6.45, 7) is 4.55. The van der Waals surface area contributed by atoms with E-state index in [1.165, 1.54) is 39.0 Å². The largest absolute Gasteiger partial charge is 0.504 e. The minimum atomic E-state index is -1.51. The predicted octanol–water partition coefficient (Wildman–Crippen LogP) is -0.200. The Balaban J connectivity index is 2.41. The lowest BCUT2D eigenvalue weighted by atomic mass is 9.87. The Labute approximate surface area is 202 Å². The van der Waals surface area contributed by atoms with E-state index in [0.717, 1.165) is 11.8 Å². The molecule has 2 amide bonds. The standard InChI is InChI=1S/C22H33N3O8S/c1-13(26)34-9-8-24-18(29)6-7-25-20(31)19(30)22(2,3)12-33-21(32)15(23)10-14-4-5-16(27)17(28)11-14/h4-5,11,15,19,27-28,30H,6-10,12,23H2,1-3H3,(H,24,29)(H,25,31)/t15-,19-/m0/s1. The monoisotopic (exact) mass is 499 g/mol. The number of esters is 1. The third-order valence-corrected chi connectivity index (χ3v) is 5.57. The first-order chi connectivity index (χ1) is 15.8. The molecule has 1 aromatic carbocycles. The number of aromatic hydroxyl groups is 2. The summed E-state index contributed by atoms with van der Waals surface area (Å²) in [5.74, 6) is -1.95. The minimum absolute atomic E-state index is 0.000279. The molecule has 0 aliphatic carbocycles. The third-order valence-electron chi connectivity index (χ3n) is 4.75. The maximum absolute atomic E-state index is 12.2. The second-order valence-electron chi connectivity index (χ2n) is 8.36. The van der Waals surface area contributed by atoms with Crippen LogP contribution >= 0.6 is 11.8 Å². The Morgan fingerprint density at radius 2 is 1.79 bits per heavy atom. The first-order valence-electron chi connectivity index (χ1n) is 10.6. The van der Waals surface area contributed by atoms with Gasteiger partial charge in [-0.05, 0) is 24.1 Å². The Hall–Kier alpha value is -2.83. The van der Waals surface area contributed by atoms with Crippen LogP contribution in [0.25, 0.3) is 0 Å². The van der Waals surface area contributed by atoms with E-state index in [1.54, 1.807) is 0 Å². The molecule has 0 unspecified atom stereocenters. The molecule has 0 aliphatic rings. The molecule has 11 nitrogen and oxygen atoms in total. The number of nitrogens with two attached hydrogens (primary N) is 1. The number of carbonyl (C=O) groups is 4. The summed E-state index contributed by atoms with van der Waals surface area (Å²) < 4.78 is 5.17. The molecular formula is C22H33N3O8S. The molecular weight excluding hydrogens is 466 g/mol. The van der Waals surface area contributed by atoms with E-state index in [-0.39, 0.29) is 48.5 Å². The number of phenolic OH excluding ortho intramolecular Hbond substituents is 2. The van der Waals surface area contributed by atoms with Gasteiger partial charge in [0.25, 0.3) is 0 Å². The molecule has 7 N–H and O–H groups in total. The average Bonchev–Trinajstić information content (AvgIpc) is 2.76. The van der Waals surface area contributed by atoms with Gasteiger partial charge in [-0.1, -0.05) is 31.7 Å². The van der Waals surface area contributed by atoms with Crippen LogP contribution in [-0.4, -0.2) is 75.8 Å². The summed E-state index contributed by atoms with van der Waals surface area (Å²) in [6, 6.07) is 3.01. The SMILES string of the molecule is CC(=O)SCCNC(=O)CCNC(=O)[C@H](O)C(C)(C)COC(=O)[C@@H](N)Cc1ccc(O)c(O)c1. The Bertz CT molecular complexity index is 878. The van der Waals surface area contributed by atoms with E-state index < -0.39 is 29.4 Å². The number of benzene rings is 1. The van der Waals surface area contributed by atoms with Gasteiger partial charge in [-0.25, -0.2) is 0 Å². The highest BCUT2D eigenvalue weighted by molar-refractivity contribution is 8.13. The Morgan fingerprint density at radius 1 is 1.12 bits per heavy atom. The molecule has 1 rings (SSSR count). The lowest BCUT2D eigenvalue weighted by molar-refractivity contribution is -0.154. The molecule has 0 radical (unpaired) electrons. The molecule has 0 bridgehead atoms. The first kappa shape index (κ1) is 29.2. The molecule has 12 heteroatoms. The van der Waals surface area contributed by atoms with E-state index in [2.05, 4.69) is 10.6 Å². The van der Waals surface area contributed by atoms with Crippen LogP contribution in [0.2, 0.25) is 0 Å². The summed E-state index contributed by atoms with van der Waals surface area (Å²) >= 11 is 1.10. The van der Waals surface area contributed by atoms with Crippen molar-refractivity contribution in [2.75, 3.05) is 25.4 Å². The van der Waals surface area contributed by atoms with Gasteiger partial charge >= 0.3 is 5.97 Å². The number of hydrogen-bond donors (Lipinski definition) is 6. The van der Waals surface area contributed by atoms with Gasteiger partial charge < -0.3 is 36.4 Å². The fraction of sp³-hybridized carbons (Fsp3) is 0.545. The molecule has 0 aromatic heterocycles. The molecule has 0 spiro atoms. The quantitative estimate of drug-likeness (QED) is 0.120. The van der Waals surface area contributed by atoms with Gasteiger partial charge in [0.2, 0.25) is 11.8 Å². The van der Waals surface area contributed by atoms with Crippen LogP contribution < -0.4 is 16.4 Å². The number of rotatable bonds is 13. The van der Waals surface area contributed by atoms with Crippen molar-refractivity contribution in [2.45, 2.75) is 45.8 Å². The molecule has 190 valence electrons. The van der Waals surface area contributed by atoms with Gasteiger partial charge in [-0.2, -0.15) is 0 Å². The number of nitrogens with one attached hydrogen (secondary N) is 2. The Kier molecular flexibility index (Phi) is 11.8. The lowest BCUT2D eigenvalue weighted by Gasteiger charge is -2.29. The van der Waals surface area contributed by atoms with Gasteiger partial charge in [0, 0.05) is 37.6 Å². The fourth-order valence-corrected chi connectivity index (χ4v) is 3.19.